The van der Waals surface area contributed by atoms with E-state index < -0.39 is 0 Å². The van der Waals surface area contributed by atoms with Gasteiger partial charge < -0.3 is 28.7 Å². The van der Waals surface area contributed by atoms with Crippen molar-refractivity contribution in [2.24, 2.45) is 7.05 Å². The molecular weight excluding hydrogens is 502 g/mol. The van der Waals surface area contributed by atoms with Crippen molar-refractivity contribution in [3.05, 3.63) is 35.9 Å². The lowest BCUT2D eigenvalue weighted by atomic mass is 10.3. The SMILES string of the molecule is CCc1nc2ccccc2n1-c1nc(N2CCOCC2)c2nc(C(=O)N3CCN(C(=O)OC)CC3)n(C)c2n1. The summed E-state index contributed by atoms with van der Waals surface area (Å²) in [6.45, 7) is 6.13. The Morgan fingerprint density at radius 2 is 1.67 bits per heavy atom. The molecule has 6 rings (SSSR count). The topological polar surface area (TPSA) is 124 Å². The van der Waals surface area contributed by atoms with E-state index in [1.807, 2.05) is 28.8 Å². The number of aromatic nitrogens is 6. The predicted molar refractivity (Wildman–Crippen MR) is 143 cm³/mol. The van der Waals surface area contributed by atoms with Crippen LogP contribution in [0.25, 0.3) is 28.1 Å². The summed E-state index contributed by atoms with van der Waals surface area (Å²) < 4.78 is 14.1. The lowest BCUT2D eigenvalue weighted by Gasteiger charge is -2.33. The van der Waals surface area contributed by atoms with Crippen LogP contribution in [0.3, 0.4) is 0 Å². The van der Waals surface area contributed by atoms with Gasteiger partial charge in [0, 0.05) is 52.7 Å². The van der Waals surface area contributed by atoms with E-state index >= 15 is 0 Å². The molecule has 5 heterocycles. The number of methoxy groups -OCH3 is 1. The molecule has 2 aliphatic heterocycles. The van der Waals surface area contributed by atoms with Crippen LogP contribution >= 0.6 is 0 Å². The number of amides is 2. The summed E-state index contributed by atoms with van der Waals surface area (Å²) in [5.41, 5.74) is 2.93. The third-order valence-corrected chi connectivity index (χ3v) is 7.34. The second-order valence-electron chi connectivity index (χ2n) is 9.57. The highest BCUT2D eigenvalue weighted by Crippen LogP contribution is 2.29. The van der Waals surface area contributed by atoms with Crippen molar-refractivity contribution in [1.82, 2.24) is 38.9 Å². The molecule has 0 aliphatic carbocycles. The maximum atomic E-state index is 13.6. The zero-order chi connectivity index (χ0) is 27.1. The van der Waals surface area contributed by atoms with Gasteiger partial charge in [-0.2, -0.15) is 9.97 Å². The van der Waals surface area contributed by atoms with Crippen molar-refractivity contribution in [3.8, 4) is 5.95 Å². The average Bonchev–Trinajstić information content (AvgIpc) is 3.54. The van der Waals surface area contributed by atoms with Crippen LogP contribution in [0, 0.1) is 0 Å². The number of para-hydroxylation sites is 2. The van der Waals surface area contributed by atoms with E-state index in [9.17, 15) is 9.59 Å². The molecule has 1 aromatic carbocycles. The Labute approximate surface area is 224 Å². The summed E-state index contributed by atoms with van der Waals surface area (Å²) >= 11 is 0. The summed E-state index contributed by atoms with van der Waals surface area (Å²) in [6, 6.07) is 7.93. The summed E-state index contributed by atoms with van der Waals surface area (Å²) in [6.07, 6.45) is 0.316. The minimum Gasteiger partial charge on any atom is -0.453 e. The molecule has 0 bridgehead atoms. The van der Waals surface area contributed by atoms with Gasteiger partial charge in [0.1, 0.15) is 5.82 Å². The number of hydrogen-bond donors (Lipinski definition) is 0. The Balaban J connectivity index is 1.45. The molecule has 2 fully saturated rings. The van der Waals surface area contributed by atoms with Crippen LogP contribution in [0.2, 0.25) is 0 Å². The number of aryl methyl sites for hydroxylation is 2. The summed E-state index contributed by atoms with van der Waals surface area (Å²) in [5, 5.41) is 0. The van der Waals surface area contributed by atoms with Gasteiger partial charge in [0.2, 0.25) is 11.8 Å². The summed E-state index contributed by atoms with van der Waals surface area (Å²) in [5.74, 6) is 2.08. The first kappa shape index (κ1) is 25.0. The number of carbonyl (C=O) groups is 2. The number of ether oxygens (including phenoxy) is 2. The zero-order valence-electron chi connectivity index (χ0n) is 22.3. The minimum absolute atomic E-state index is 0.211. The van der Waals surface area contributed by atoms with Gasteiger partial charge in [0.05, 0.1) is 31.4 Å². The van der Waals surface area contributed by atoms with E-state index in [2.05, 4.69) is 11.8 Å². The largest absolute Gasteiger partial charge is 0.453 e. The number of fused-ring (bicyclic) bond motifs is 2. The molecule has 204 valence electrons. The van der Waals surface area contributed by atoms with Gasteiger partial charge in [0.25, 0.3) is 5.91 Å². The second-order valence-corrected chi connectivity index (χ2v) is 9.57. The van der Waals surface area contributed by atoms with Crippen molar-refractivity contribution in [2.75, 3.05) is 64.5 Å². The second kappa shape index (κ2) is 10.1. The van der Waals surface area contributed by atoms with Gasteiger partial charge in [-0.15, -0.1) is 0 Å². The molecule has 4 aromatic rings. The molecule has 2 saturated heterocycles. The number of benzene rings is 1. The normalized spacial score (nSPS) is 16.3. The first-order chi connectivity index (χ1) is 19.0. The van der Waals surface area contributed by atoms with Crippen LogP contribution in [0.1, 0.15) is 23.4 Å². The van der Waals surface area contributed by atoms with Gasteiger partial charge in [-0.3, -0.25) is 9.36 Å². The lowest BCUT2D eigenvalue weighted by Crippen LogP contribution is -2.51. The molecule has 3 aromatic heterocycles. The number of anilines is 1. The van der Waals surface area contributed by atoms with Crippen molar-refractivity contribution in [3.63, 3.8) is 0 Å². The fourth-order valence-electron chi connectivity index (χ4n) is 5.22. The van der Waals surface area contributed by atoms with Gasteiger partial charge in [-0.05, 0) is 12.1 Å². The van der Waals surface area contributed by atoms with Gasteiger partial charge in [-0.25, -0.2) is 14.8 Å². The van der Waals surface area contributed by atoms with Crippen molar-refractivity contribution in [2.45, 2.75) is 13.3 Å². The third kappa shape index (κ3) is 4.32. The fraction of sp³-hybridized carbons (Fsp3) is 0.462. The van der Waals surface area contributed by atoms with Crippen LogP contribution in [0.5, 0.6) is 0 Å². The molecule has 0 spiro atoms. The Morgan fingerprint density at radius 1 is 0.949 bits per heavy atom. The molecular formula is C26H31N9O4. The molecule has 39 heavy (non-hydrogen) atoms. The van der Waals surface area contributed by atoms with Crippen LogP contribution in [-0.4, -0.2) is 110 Å². The van der Waals surface area contributed by atoms with E-state index in [1.54, 1.807) is 21.4 Å². The van der Waals surface area contributed by atoms with Crippen LogP contribution in [-0.2, 0) is 22.9 Å². The van der Waals surface area contributed by atoms with E-state index in [-0.39, 0.29) is 17.8 Å². The van der Waals surface area contributed by atoms with Crippen LogP contribution in [0.4, 0.5) is 10.6 Å². The minimum atomic E-state index is -0.388. The average molecular weight is 534 g/mol. The highest BCUT2D eigenvalue weighted by molar-refractivity contribution is 5.96. The Bertz CT molecular complexity index is 1550. The molecule has 2 aliphatic rings. The maximum absolute atomic E-state index is 13.6. The standard InChI is InChI=1S/C26H31N9O4/c1-4-19-27-17-7-5-6-8-18(17)35(19)25-29-21-20(22(30-25)32-13-15-39-16-14-32)28-23(31(21)2)24(36)33-9-11-34(12-10-33)26(37)38-3/h5-8H,4,9-16H2,1-3H3. The van der Waals surface area contributed by atoms with Gasteiger partial charge >= 0.3 is 6.09 Å². The molecule has 0 atom stereocenters. The van der Waals surface area contributed by atoms with E-state index in [1.165, 1.54) is 7.11 Å². The molecule has 0 radical (unpaired) electrons. The lowest BCUT2D eigenvalue weighted by molar-refractivity contribution is 0.0586. The van der Waals surface area contributed by atoms with Crippen LogP contribution < -0.4 is 4.90 Å². The molecule has 2 amide bonds. The number of morpholine rings is 1. The highest BCUT2D eigenvalue weighted by Gasteiger charge is 2.30. The predicted octanol–water partition coefficient (Wildman–Crippen LogP) is 1.63. The number of hydrogen-bond acceptors (Lipinski definition) is 9. The number of imidazole rings is 2. The van der Waals surface area contributed by atoms with Crippen molar-refractivity contribution in [1.29, 1.82) is 0 Å². The Morgan fingerprint density at radius 3 is 2.38 bits per heavy atom. The smallest absolute Gasteiger partial charge is 0.409 e. The van der Waals surface area contributed by atoms with E-state index in [0.717, 1.165) is 16.9 Å². The van der Waals surface area contributed by atoms with Gasteiger partial charge in [-0.1, -0.05) is 19.1 Å². The molecule has 13 heteroatoms. The van der Waals surface area contributed by atoms with Gasteiger partial charge in [0.15, 0.2) is 17.0 Å². The fourth-order valence-corrected chi connectivity index (χ4v) is 5.22. The summed E-state index contributed by atoms with van der Waals surface area (Å²) in [4.78, 5) is 50.5. The Kier molecular flexibility index (Phi) is 6.51. The van der Waals surface area contributed by atoms with Crippen molar-refractivity contribution >= 4 is 40.0 Å². The first-order valence-electron chi connectivity index (χ1n) is 13.2. The first-order valence-corrected chi connectivity index (χ1v) is 13.2. The monoisotopic (exact) mass is 533 g/mol. The van der Waals surface area contributed by atoms with Crippen LogP contribution in [0.15, 0.2) is 24.3 Å². The number of rotatable bonds is 4. The molecule has 0 unspecified atom stereocenters. The Hall–Kier alpha value is -4.26. The molecule has 13 nitrogen and oxygen atoms in total. The molecule has 0 saturated carbocycles. The maximum Gasteiger partial charge on any atom is 0.409 e. The number of nitrogens with zero attached hydrogens (tertiary/aromatic N) is 9. The third-order valence-electron chi connectivity index (χ3n) is 7.34. The number of carbonyl (C=O) groups excluding carboxylic acids is 2. The molecule has 0 N–H and O–H groups in total. The highest BCUT2D eigenvalue weighted by atomic mass is 16.5. The zero-order valence-corrected chi connectivity index (χ0v) is 22.3. The van der Waals surface area contributed by atoms with E-state index in [0.29, 0.717) is 81.8 Å². The van der Waals surface area contributed by atoms with E-state index in [4.69, 9.17) is 29.4 Å². The number of piperazine rings is 1. The summed E-state index contributed by atoms with van der Waals surface area (Å²) in [7, 11) is 3.16. The quantitative estimate of drug-likeness (QED) is 0.385. The van der Waals surface area contributed by atoms with Crippen molar-refractivity contribution < 1.29 is 19.1 Å².